The quantitative estimate of drug-likeness (QED) is 0.551. The van der Waals surface area contributed by atoms with Crippen molar-refractivity contribution in [1.29, 1.82) is 0 Å². The number of aliphatic imine (C=N–C) groups is 1. The van der Waals surface area contributed by atoms with Gasteiger partial charge < -0.3 is 0 Å². The number of aromatic nitrogens is 1. The van der Waals surface area contributed by atoms with Crippen molar-refractivity contribution in [2.24, 2.45) is 4.99 Å². The van der Waals surface area contributed by atoms with E-state index in [-0.39, 0.29) is 6.04 Å². The third-order valence-corrected chi connectivity index (χ3v) is 1.87. The Bertz CT molecular complexity index is 321. The summed E-state index contributed by atoms with van der Waals surface area (Å²) in [5.74, 6) is 0. The molecule has 0 aromatic carbocycles. The van der Waals surface area contributed by atoms with E-state index < -0.39 is 0 Å². The highest BCUT2D eigenvalue weighted by Crippen LogP contribution is 2.15. The lowest BCUT2D eigenvalue weighted by Crippen LogP contribution is -1.92. The smallest absolute Gasteiger partial charge is 0.137 e. The van der Waals surface area contributed by atoms with E-state index in [1.54, 1.807) is 12.3 Å². The lowest BCUT2D eigenvalue weighted by molar-refractivity contribution is 0.841. The molecule has 0 atom stereocenters. The first-order valence-corrected chi connectivity index (χ1v) is 4.69. The average molecular weight is 217 g/mol. The maximum absolute atomic E-state index is 5.82. The van der Waals surface area contributed by atoms with Gasteiger partial charge in [-0.25, -0.2) is 4.98 Å². The van der Waals surface area contributed by atoms with Crippen LogP contribution in [0.15, 0.2) is 17.3 Å². The normalized spacial score (nSPS) is 11.5. The first kappa shape index (κ1) is 10.5. The predicted octanol–water partition coefficient (Wildman–Crippen LogP) is 3.22. The summed E-state index contributed by atoms with van der Waals surface area (Å²) in [6, 6.07) is 1.98. The molecule has 0 fully saturated rings. The number of rotatable bonds is 2. The zero-order chi connectivity index (χ0) is 9.84. The maximum atomic E-state index is 5.82. The van der Waals surface area contributed by atoms with Crippen molar-refractivity contribution in [3.8, 4) is 0 Å². The topological polar surface area (TPSA) is 25.2 Å². The Morgan fingerprint density at radius 1 is 1.46 bits per heavy atom. The Morgan fingerprint density at radius 3 is 2.77 bits per heavy atom. The lowest BCUT2D eigenvalue weighted by Gasteiger charge is -1.98. The highest BCUT2D eigenvalue weighted by Gasteiger charge is 1.99. The van der Waals surface area contributed by atoms with Crippen LogP contribution >= 0.6 is 23.2 Å². The molecule has 0 aliphatic heterocycles. The fraction of sp³-hybridized carbons (Fsp3) is 0.333. The highest BCUT2D eigenvalue weighted by molar-refractivity contribution is 6.33. The van der Waals surface area contributed by atoms with Crippen LogP contribution in [0.2, 0.25) is 10.2 Å². The van der Waals surface area contributed by atoms with Gasteiger partial charge in [0.25, 0.3) is 0 Å². The molecule has 0 saturated carbocycles. The van der Waals surface area contributed by atoms with Crippen molar-refractivity contribution < 1.29 is 0 Å². The second kappa shape index (κ2) is 4.58. The first-order chi connectivity index (χ1) is 6.09. The van der Waals surface area contributed by atoms with Crippen LogP contribution in [-0.4, -0.2) is 17.2 Å². The highest BCUT2D eigenvalue weighted by atomic mass is 35.5. The number of hydrogen-bond donors (Lipinski definition) is 0. The van der Waals surface area contributed by atoms with Crippen molar-refractivity contribution in [1.82, 2.24) is 4.98 Å². The summed E-state index contributed by atoms with van der Waals surface area (Å²) in [5, 5.41) is 0.989. The van der Waals surface area contributed by atoms with Gasteiger partial charge in [0.2, 0.25) is 0 Å². The van der Waals surface area contributed by atoms with E-state index in [9.17, 15) is 0 Å². The summed E-state index contributed by atoms with van der Waals surface area (Å²) < 4.78 is 0. The molecule has 0 saturated heterocycles. The van der Waals surface area contributed by atoms with E-state index in [1.165, 1.54) is 6.20 Å². The predicted molar refractivity (Wildman–Crippen MR) is 57.0 cm³/mol. The average Bonchev–Trinajstić information content (AvgIpc) is 2.06. The molecule has 0 aliphatic carbocycles. The van der Waals surface area contributed by atoms with Gasteiger partial charge in [-0.3, -0.25) is 4.99 Å². The molecule has 13 heavy (non-hydrogen) atoms. The molecule has 0 spiro atoms. The zero-order valence-corrected chi connectivity index (χ0v) is 8.97. The molecule has 70 valence electrons. The van der Waals surface area contributed by atoms with Crippen LogP contribution in [0.5, 0.6) is 0 Å². The molecule has 0 unspecified atom stereocenters. The maximum Gasteiger partial charge on any atom is 0.137 e. The van der Waals surface area contributed by atoms with Gasteiger partial charge in [0.05, 0.1) is 5.02 Å². The van der Waals surface area contributed by atoms with Gasteiger partial charge in [0, 0.05) is 24.0 Å². The molecule has 0 N–H and O–H groups in total. The van der Waals surface area contributed by atoms with Gasteiger partial charge >= 0.3 is 0 Å². The second-order valence-corrected chi connectivity index (χ2v) is 3.70. The SMILES string of the molecule is CC(C)N=Cc1cc(Cl)cnc1Cl. The molecule has 0 bridgehead atoms. The third-order valence-electron chi connectivity index (χ3n) is 1.34. The van der Waals surface area contributed by atoms with Crippen LogP contribution in [0.25, 0.3) is 0 Å². The molecule has 1 rings (SSSR count). The van der Waals surface area contributed by atoms with Gasteiger partial charge in [-0.1, -0.05) is 23.2 Å². The van der Waals surface area contributed by atoms with E-state index in [0.29, 0.717) is 10.2 Å². The summed E-state index contributed by atoms with van der Waals surface area (Å²) in [6.45, 7) is 3.98. The van der Waals surface area contributed by atoms with Gasteiger partial charge in [-0.2, -0.15) is 0 Å². The van der Waals surface area contributed by atoms with Crippen LogP contribution in [0.1, 0.15) is 19.4 Å². The number of nitrogens with zero attached hydrogens (tertiary/aromatic N) is 2. The van der Waals surface area contributed by atoms with Crippen LogP contribution < -0.4 is 0 Å². The van der Waals surface area contributed by atoms with Gasteiger partial charge in [-0.05, 0) is 19.9 Å². The Balaban J connectivity index is 2.93. The molecular weight excluding hydrogens is 207 g/mol. The molecule has 1 heterocycles. The lowest BCUT2D eigenvalue weighted by atomic mass is 10.3. The molecule has 0 radical (unpaired) electrons. The number of pyridine rings is 1. The summed E-state index contributed by atoms with van der Waals surface area (Å²) >= 11 is 11.6. The Labute approximate surface area is 87.6 Å². The van der Waals surface area contributed by atoms with Crippen molar-refractivity contribution in [2.75, 3.05) is 0 Å². The largest absolute Gasteiger partial charge is 0.290 e. The summed E-state index contributed by atoms with van der Waals surface area (Å²) in [4.78, 5) is 8.09. The van der Waals surface area contributed by atoms with E-state index in [1.807, 2.05) is 13.8 Å². The van der Waals surface area contributed by atoms with E-state index in [4.69, 9.17) is 23.2 Å². The van der Waals surface area contributed by atoms with Crippen molar-refractivity contribution in [3.63, 3.8) is 0 Å². The van der Waals surface area contributed by atoms with Crippen molar-refractivity contribution in [2.45, 2.75) is 19.9 Å². The summed E-state index contributed by atoms with van der Waals surface area (Å²) in [5.41, 5.74) is 0.753. The van der Waals surface area contributed by atoms with Crippen LogP contribution in [0.4, 0.5) is 0 Å². The number of halogens is 2. The molecule has 1 aromatic rings. The van der Waals surface area contributed by atoms with E-state index in [2.05, 4.69) is 9.98 Å². The van der Waals surface area contributed by atoms with Crippen LogP contribution in [0.3, 0.4) is 0 Å². The van der Waals surface area contributed by atoms with Crippen LogP contribution in [0, 0.1) is 0 Å². The molecule has 0 amide bonds. The van der Waals surface area contributed by atoms with Gasteiger partial charge in [-0.15, -0.1) is 0 Å². The van der Waals surface area contributed by atoms with Gasteiger partial charge in [0.15, 0.2) is 0 Å². The summed E-state index contributed by atoms with van der Waals surface area (Å²) in [6.07, 6.45) is 3.20. The Hall–Kier alpha value is -0.600. The Morgan fingerprint density at radius 2 is 2.15 bits per heavy atom. The molecule has 2 nitrogen and oxygen atoms in total. The number of hydrogen-bond acceptors (Lipinski definition) is 2. The minimum Gasteiger partial charge on any atom is -0.290 e. The zero-order valence-electron chi connectivity index (χ0n) is 7.46. The van der Waals surface area contributed by atoms with Crippen molar-refractivity contribution in [3.05, 3.63) is 28.0 Å². The Kier molecular flexibility index (Phi) is 3.70. The minimum absolute atomic E-state index is 0.245. The van der Waals surface area contributed by atoms with E-state index in [0.717, 1.165) is 5.56 Å². The molecular formula is C9H10Cl2N2. The van der Waals surface area contributed by atoms with Gasteiger partial charge in [0.1, 0.15) is 5.15 Å². The standard InChI is InChI=1S/C9H10Cl2N2/c1-6(2)12-4-7-3-8(10)5-13-9(7)11/h3-6H,1-2H3. The summed E-state index contributed by atoms with van der Waals surface area (Å²) in [7, 11) is 0. The monoisotopic (exact) mass is 216 g/mol. The van der Waals surface area contributed by atoms with Crippen LogP contribution in [-0.2, 0) is 0 Å². The fourth-order valence-electron chi connectivity index (χ4n) is 0.758. The minimum atomic E-state index is 0.245. The molecule has 0 aliphatic rings. The third kappa shape index (κ3) is 3.33. The molecule has 4 heteroatoms. The fourth-order valence-corrected chi connectivity index (χ4v) is 1.08. The first-order valence-electron chi connectivity index (χ1n) is 3.94. The van der Waals surface area contributed by atoms with Crippen molar-refractivity contribution >= 4 is 29.4 Å². The molecule has 1 aromatic heterocycles. The van der Waals surface area contributed by atoms with E-state index >= 15 is 0 Å². The second-order valence-electron chi connectivity index (χ2n) is 2.91.